The highest BCUT2D eigenvalue weighted by Crippen LogP contribution is 2.13. The molecular weight excluding hydrogens is 186 g/mol. The number of rotatable bonds is 4. The fraction of sp³-hybridized carbons (Fsp3) is 0.538. The van der Waals surface area contributed by atoms with Gasteiger partial charge in [0.25, 0.3) is 0 Å². The van der Waals surface area contributed by atoms with E-state index in [1.165, 1.54) is 5.57 Å². The van der Waals surface area contributed by atoms with Crippen LogP contribution in [0, 0.1) is 0 Å². The highest BCUT2D eigenvalue weighted by atomic mass is 16.5. The molecule has 1 aliphatic heterocycles. The molecule has 0 aromatic rings. The Balaban J connectivity index is 2.65. The second kappa shape index (κ2) is 6.59. The van der Waals surface area contributed by atoms with Crippen LogP contribution in [-0.2, 0) is 4.74 Å². The molecule has 2 nitrogen and oxygen atoms in total. The fourth-order valence-corrected chi connectivity index (χ4v) is 1.84. The predicted molar refractivity (Wildman–Crippen MR) is 64.9 cm³/mol. The van der Waals surface area contributed by atoms with E-state index in [2.05, 4.69) is 36.6 Å². The lowest BCUT2D eigenvalue weighted by atomic mass is 10.1. The Labute approximate surface area is 92.9 Å². The molecule has 0 amide bonds. The standard InChI is InChI=1S/C13H21NO/c1-4-6-13(7-5-2)12(3)14-8-10-15-11-9-14/h4-7,12H,1,8-11H2,2-3H3/b7-5-,13-6+. The van der Waals surface area contributed by atoms with Crippen molar-refractivity contribution in [2.75, 3.05) is 26.3 Å². The molecule has 15 heavy (non-hydrogen) atoms. The zero-order valence-electron chi connectivity index (χ0n) is 9.78. The Morgan fingerprint density at radius 2 is 2.07 bits per heavy atom. The summed E-state index contributed by atoms with van der Waals surface area (Å²) >= 11 is 0. The van der Waals surface area contributed by atoms with Crippen LogP contribution in [0.5, 0.6) is 0 Å². The average Bonchev–Trinajstić information content (AvgIpc) is 2.29. The maximum absolute atomic E-state index is 5.35. The molecule has 0 aromatic heterocycles. The minimum Gasteiger partial charge on any atom is -0.379 e. The Morgan fingerprint density at radius 1 is 1.40 bits per heavy atom. The van der Waals surface area contributed by atoms with Crippen molar-refractivity contribution in [2.45, 2.75) is 19.9 Å². The molecule has 0 saturated carbocycles. The number of allylic oxidation sites excluding steroid dienone is 3. The summed E-state index contributed by atoms with van der Waals surface area (Å²) in [5.41, 5.74) is 1.31. The van der Waals surface area contributed by atoms with Gasteiger partial charge in [-0.3, -0.25) is 4.90 Å². The third kappa shape index (κ3) is 3.65. The van der Waals surface area contributed by atoms with Crippen LogP contribution in [0.2, 0.25) is 0 Å². The number of ether oxygens (including phenoxy) is 1. The summed E-state index contributed by atoms with van der Waals surface area (Å²) in [4.78, 5) is 2.44. The van der Waals surface area contributed by atoms with Crippen molar-refractivity contribution in [3.05, 3.63) is 36.5 Å². The van der Waals surface area contributed by atoms with Gasteiger partial charge in [0, 0.05) is 19.1 Å². The van der Waals surface area contributed by atoms with Crippen molar-refractivity contribution in [2.24, 2.45) is 0 Å². The van der Waals surface area contributed by atoms with Crippen LogP contribution in [0.25, 0.3) is 0 Å². The highest BCUT2D eigenvalue weighted by Gasteiger charge is 2.18. The normalized spacial score (nSPS) is 21.9. The van der Waals surface area contributed by atoms with E-state index in [-0.39, 0.29) is 0 Å². The van der Waals surface area contributed by atoms with Gasteiger partial charge in [-0.2, -0.15) is 0 Å². The van der Waals surface area contributed by atoms with Crippen molar-refractivity contribution in [3.63, 3.8) is 0 Å². The van der Waals surface area contributed by atoms with E-state index in [9.17, 15) is 0 Å². The first kappa shape index (κ1) is 12.2. The van der Waals surface area contributed by atoms with Gasteiger partial charge in [-0.15, -0.1) is 0 Å². The van der Waals surface area contributed by atoms with Crippen LogP contribution >= 0.6 is 0 Å². The molecule has 0 bridgehead atoms. The van der Waals surface area contributed by atoms with E-state index < -0.39 is 0 Å². The molecule has 0 aromatic carbocycles. The first-order chi connectivity index (χ1) is 7.29. The molecule has 0 aliphatic carbocycles. The van der Waals surface area contributed by atoms with Crippen LogP contribution in [0.15, 0.2) is 36.5 Å². The second-order valence-electron chi connectivity index (χ2n) is 3.73. The molecule has 1 saturated heterocycles. The molecular formula is C13H21NO. The maximum atomic E-state index is 5.35. The Morgan fingerprint density at radius 3 is 2.60 bits per heavy atom. The zero-order valence-corrected chi connectivity index (χ0v) is 9.78. The molecule has 0 radical (unpaired) electrons. The molecule has 1 rings (SSSR count). The third-order valence-electron chi connectivity index (χ3n) is 2.75. The molecule has 1 heterocycles. The van der Waals surface area contributed by atoms with Gasteiger partial charge in [-0.05, 0) is 19.4 Å². The summed E-state index contributed by atoms with van der Waals surface area (Å²) < 4.78 is 5.35. The highest BCUT2D eigenvalue weighted by molar-refractivity contribution is 5.27. The van der Waals surface area contributed by atoms with Crippen molar-refractivity contribution < 1.29 is 4.74 Å². The van der Waals surface area contributed by atoms with E-state index >= 15 is 0 Å². The Hall–Kier alpha value is -0.860. The van der Waals surface area contributed by atoms with Gasteiger partial charge < -0.3 is 4.74 Å². The predicted octanol–water partition coefficient (Wildman–Crippen LogP) is 2.40. The molecule has 84 valence electrons. The van der Waals surface area contributed by atoms with Crippen molar-refractivity contribution in [3.8, 4) is 0 Å². The molecule has 2 heteroatoms. The average molecular weight is 207 g/mol. The summed E-state index contributed by atoms with van der Waals surface area (Å²) in [6.45, 7) is 11.8. The van der Waals surface area contributed by atoms with Crippen LogP contribution < -0.4 is 0 Å². The lowest BCUT2D eigenvalue weighted by Gasteiger charge is -2.33. The molecule has 1 aliphatic rings. The van der Waals surface area contributed by atoms with E-state index in [4.69, 9.17) is 4.74 Å². The quantitative estimate of drug-likeness (QED) is 0.656. The van der Waals surface area contributed by atoms with E-state index in [1.807, 2.05) is 13.0 Å². The smallest absolute Gasteiger partial charge is 0.0594 e. The molecule has 0 N–H and O–H groups in total. The van der Waals surface area contributed by atoms with Gasteiger partial charge in [0.15, 0.2) is 0 Å². The van der Waals surface area contributed by atoms with Crippen molar-refractivity contribution in [1.29, 1.82) is 0 Å². The van der Waals surface area contributed by atoms with Gasteiger partial charge in [0.2, 0.25) is 0 Å². The SMILES string of the molecule is C=C/C=C(\C=C/C)C(C)N1CCOCC1. The summed E-state index contributed by atoms with van der Waals surface area (Å²) in [6, 6.07) is 0.447. The van der Waals surface area contributed by atoms with Crippen molar-refractivity contribution in [1.82, 2.24) is 4.90 Å². The lowest BCUT2D eigenvalue weighted by molar-refractivity contribution is 0.0273. The van der Waals surface area contributed by atoms with Crippen LogP contribution in [0.1, 0.15) is 13.8 Å². The van der Waals surface area contributed by atoms with Crippen molar-refractivity contribution >= 4 is 0 Å². The summed E-state index contributed by atoms with van der Waals surface area (Å²) in [7, 11) is 0. The van der Waals surface area contributed by atoms with Crippen LogP contribution in [0.4, 0.5) is 0 Å². The van der Waals surface area contributed by atoms with Crippen LogP contribution in [0.3, 0.4) is 0 Å². The van der Waals surface area contributed by atoms with Gasteiger partial charge in [-0.1, -0.05) is 30.9 Å². The largest absolute Gasteiger partial charge is 0.379 e. The second-order valence-corrected chi connectivity index (χ2v) is 3.73. The van der Waals surface area contributed by atoms with E-state index in [0.717, 1.165) is 26.3 Å². The minimum atomic E-state index is 0.447. The Bertz CT molecular complexity index is 249. The molecule has 1 unspecified atom stereocenters. The van der Waals surface area contributed by atoms with E-state index in [0.29, 0.717) is 6.04 Å². The first-order valence-corrected chi connectivity index (χ1v) is 5.56. The van der Waals surface area contributed by atoms with Gasteiger partial charge in [0.05, 0.1) is 13.2 Å². The van der Waals surface area contributed by atoms with Gasteiger partial charge in [0.1, 0.15) is 0 Å². The van der Waals surface area contributed by atoms with Gasteiger partial charge >= 0.3 is 0 Å². The molecule has 1 atom stereocenters. The van der Waals surface area contributed by atoms with Gasteiger partial charge in [-0.25, -0.2) is 0 Å². The monoisotopic (exact) mass is 207 g/mol. The number of nitrogens with zero attached hydrogens (tertiary/aromatic N) is 1. The summed E-state index contributed by atoms with van der Waals surface area (Å²) in [5.74, 6) is 0. The lowest BCUT2D eigenvalue weighted by Crippen LogP contribution is -2.42. The Kier molecular flexibility index (Phi) is 5.37. The zero-order chi connectivity index (χ0) is 11.1. The fourth-order valence-electron chi connectivity index (χ4n) is 1.84. The third-order valence-corrected chi connectivity index (χ3v) is 2.75. The van der Waals surface area contributed by atoms with E-state index in [1.54, 1.807) is 0 Å². The first-order valence-electron chi connectivity index (χ1n) is 5.56. The number of hydrogen-bond donors (Lipinski definition) is 0. The number of morpholine rings is 1. The maximum Gasteiger partial charge on any atom is 0.0594 e. The topological polar surface area (TPSA) is 12.5 Å². The molecule has 0 spiro atoms. The number of hydrogen-bond acceptors (Lipinski definition) is 2. The molecule has 1 fully saturated rings. The minimum absolute atomic E-state index is 0.447. The van der Waals surface area contributed by atoms with Crippen LogP contribution in [-0.4, -0.2) is 37.2 Å². The summed E-state index contributed by atoms with van der Waals surface area (Å²) in [5, 5.41) is 0. The summed E-state index contributed by atoms with van der Waals surface area (Å²) in [6.07, 6.45) is 8.17.